The minimum Gasteiger partial charge on any atom is -0.378 e. The number of pyridine rings is 1. The van der Waals surface area contributed by atoms with E-state index in [1.165, 1.54) is 10.1 Å². The quantitative estimate of drug-likeness (QED) is 0.637. The fraction of sp³-hybridized carbons (Fsp3) is 0.364. The highest BCUT2D eigenvalue weighted by molar-refractivity contribution is 7.17. The molecule has 0 aliphatic carbocycles. The molecule has 0 saturated carbocycles. The van der Waals surface area contributed by atoms with Crippen LogP contribution in [0.15, 0.2) is 23.7 Å². The lowest BCUT2D eigenvalue weighted by molar-refractivity contribution is 0.160. The third-order valence-corrected chi connectivity index (χ3v) is 3.18. The maximum atomic E-state index is 5.50. The summed E-state index contributed by atoms with van der Waals surface area (Å²) in [5, 5.41) is 6.50. The van der Waals surface area contributed by atoms with E-state index in [4.69, 9.17) is 16.3 Å². The van der Waals surface area contributed by atoms with Gasteiger partial charge in [0.1, 0.15) is 5.82 Å². The Labute approximate surface area is 103 Å². The van der Waals surface area contributed by atoms with Gasteiger partial charge in [0.05, 0.1) is 13.2 Å². The highest BCUT2D eigenvalue weighted by atomic mass is 35.5. The monoisotopic (exact) mass is 256 g/mol. The van der Waals surface area contributed by atoms with Crippen LogP contribution in [-0.2, 0) is 4.74 Å². The Morgan fingerprint density at radius 3 is 3.19 bits per heavy atom. The Morgan fingerprint density at radius 2 is 2.31 bits per heavy atom. The summed E-state index contributed by atoms with van der Waals surface area (Å²) in [6.07, 6.45) is 1.82. The molecule has 0 saturated heterocycles. The maximum absolute atomic E-state index is 5.50. The van der Waals surface area contributed by atoms with Gasteiger partial charge < -0.3 is 10.1 Å². The van der Waals surface area contributed by atoms with Gasteiger partial charge >= 0.3 is 0 Å². The van der Waals surface area contributed by atoms with Gasteiger partial charge in [0.15, 0.2) is 0 Å². The summed E-state index contributed by atoms with van der Waals surface area (Å²) < 4.78 is 6.53. The van der Waals surface area contributed by atoms with E-state index in [0.717, 1.165) is 12.4 Å². The van der Waals surface area contributed by atoms with Crippen molar-refractivity contribution in [1.29, 1.82) is 0 Å². The molecule has 0 fully saturated rings. The molecule has 2 rings (SSSR count). The van der Waals surface area contributed by atoms with Crippen LogP contribution in [0.25, 0.3) is 10.1 Å². The molecular weight excluding hydrogens is 244 g/mol. The predicted molar refractivity (Wildman–Crippen MR) is 69.6 cm³/mol. The number of halogens is 1. The highest BCUT2D eigenvalue weighted by Crippen LogP contribution is 2.25. The first-order valence-corrected chi connectivity index (χ1v) is 6.53. The number of hydrogen-bond donors (Lipinski definition) is 1. The number of fused-ring (bicyclic) bond motifs is 1. The van der Waals surface area contributed by atoms with Gasteiger partial charge in [0.25, 0.3) is 0 Å². The molecule has 0 bridgehead atoms. The highest BCUT2D eigenvalue weighted by Gasteiger charge is 2.01. The van der Waals surface area contributed by atoms with E-state index in [2.05, 4.69) is 21.7 Å². The van der Waals surface area contributed by atoms with Crippen LogP contribution in [0.5, 0.6) is 0 Å². The van der Waals surface area contributed by atoms with E-state index in [1.807, 2.05) is 12.3 Å². The fourth-order valence-electron chi connectivity index (χ4n) is 1.43. The van der Waals surface area contributed by atoms with E-state index in [0.29, 0.717) is 19.1 Å². The molecule has 0 radical (unpaired) electrons. The van der Waals surface area contributed by atoms with Crippen molar-refractivity contribution >= 4 is 38.8 Å². The van der Waals surface area contributed by atoms with Gasteiger partial charge in [-0.15, -0.1) is 22.9 Å². The standard InChI is InChI=1S/C11H13ClN2OS/c12-3-6-15-7-5-14-11-9-2-8-16-10(9)1-4-13-11/h1-2,4,8H,3,5-7H2,(H,13,14). The number of nitrogens with one attached hydrogen (secondary N) is 1. The van der Waals surface area contributed by atoms with Crippen molar-refractivity contribution in [2.75, 3.05) is 31.0 Å². The largest absolute Gasteiger partial charge is 0.378 e. The molecule has 0 spiro atoms. The zero-order valence-corrected chi connectivity index (χ0v) is 10.4. The van der Waals surface area contributed by atoms with Gasteiger partial charge in [0.2, 0.25) is 0 Å². The van der Waals surface area contributed by atoms with E-state index in [1.54, 1.807) is 11.3 Å². The number of anilines is 1. The summed E-state index contributed by atoms with van der Waals surface area (Å²) >= 11 is 7.22. The fourth-order valence-corrected chi connectivity index (χ4v) is 2.32. The van der Waals surface area contributed by atoms with Gasteiger partial charge in [-0.3, -0.25) is 0 Å². The van der Waals surface area contributed by atoms with E-state index in [-0.39, 0.29) is 0 Å². The van der Waals surface area contributed by atoms with Crippen LogP contribution in [0.3, 0.4) is 0 Å². The molecule has 2 heterocycles. The summed E-state index contributed by atoms with van der Waals surface area (Å²) in [5.74, 6) is 1.46. The lowest BCUT2D eigenvalue weighted by atomic mass is 10.3. The van der Waals surface area contributed by atoms with Crippen molar-refractivity contribution in [2.24, 2.45) is 0 Å². The Kier molecular flexibility index (Phi) is 4.39. The number of thiophene rings is 1. The first kappa shape index (κ1) is 11.6. The number of rotatable bonds is 6. The van der Waals surface area contributed by atoms with Crippen molar-refractivity contribution < 1.29 is 4.74 Å². The molecule has 2 aromatic heterocycles. The van der Waals surface area contributed by atoms with Crippen LogP contribution < -0.4 is 5.32 Å². The first-order chi connectivity index (χ1) is 7.92. The Hall–Kier alpha value is -0.840. The van der Waals surface area contributed by atoms with E-state index >= 15 is 0 Å². The number of alkyl halides is 1. The molecule has 5 heteroatoms. The Bertz CT molecular complexity index is 446. The SMILES string of the molecule is ClCCOCCNc1nccc2sccc12. The normalized spacial score (nSPS) is 10.8. The summed E-state index contributed by atoms with van der Waals surface area (Å²) in [6.45, 7) is 1.99. The zero-order chi connectivity index (χ0) is 11.2. The van der Waals surface area contributed by atoms with Crippen LogP contribution in [-0.4, -0.2) is 30.6 Å². The third kappa shape index (κ3) is 2.84. The molecule has 3 nitrogen and oxygen atoms in total. The van der Waals surface area contributed by atoms with Crippen molar-refractivity contribution in [3.05, 3.63) is 23.7 Å². The molecule has 0 amide bonds. The van der Waals surface area contributed by atoms with Crippen LogP contribution in [0, 0.1) is 0 Å². The predicted octanol–water partition coefficient (Wildman–Crippen LogP) is 2.96. The van der Waals surface area contributed by atoms with Crippen molar-refractivity contribution in [3.63, 3.8) is 0 Å². The van der Waals surface area contributed by atoms with E-state index in [9.17, 15) is 0 Å². The van der Waals surface area contributed by atoms with Crippen LogP contribution in [0.1, 0.15) is 0 Å². The average molecular weight is 257 g/mol. The van der Waals surface area contributed by atoms with Crippen molar-refractivity contribution in [3.8, 4) is 0 Å². The lowest BCUT2D eigenvalue weighted by Gasteiger charge is -2.06. The summed E-state index contributed by atoms with van der Waals surface area (Å²) in [6, 6.07) is 4.10. The second-order valence-electron chi connectivity index (χ2n) is 3.22. The first-order valence-electron chi connectivity index (χ1n) is 5.11. The molecule has 16 heavy (non-hydrogen) atoms. The molecule has 0 aromatic carbocycles. The molecule has 1 N–H and O–H groups in total. The molecule has 0 unspecified atom stereocenters. The smallest absolute Gasteiger partial charge is 0.134 e. The van der Waals surface area contributed by atoms with Crippen molar-refractivity contribution in [2.45, 2.75) is 0 Å². The van der Waals surface area contributed by atoms with Crippen LogP contribution in [0.4, 0.5) is 5.82 Å². The molecular formula is C11H13ClN2OS. The van der Waals surface area contributed by atoms with Gasteiger partial charge in [-0.25, -0.2) is 4.98 Å². The topological polar surface area (TPSA) is 34.1 Å². The van der Waals surface area contributed by atoms with Crippen molar-refractivity contribution in [1.82, 2.24) is 4.98 Å². The zero-order valence-electron chi connectivity index (χ0n) is 8.78. The molecule has 0 aliphatic heterocycles. The second kappa shape index (κ2) is 6.03. The molecule has 0 aliphatic rings. The molecule has 2 aromatic rings. The summed E-state index contributed by atoms with van der Waals surface area (Å²) in [7, 11) is 0. The van der Waals surface area contributed by atoms with Gasteiger partial charge in [-0.05, 0) is 17.5 Å². The minimum atomic E-state index is 0.540. The number of hydrogen-bond acceptors (Lipinski definition) is 4. The Morgan fingerprint density at radius 1 is 1.38 bits per heavy atom. The molecule has 0 atom stereocenters. The third-order valence-electron chi connectivity index (χ3n) is 2.14. The minimum absolute atomic E-state index is 0.540. The van der Waals surface area contributed by atoms with Crippen LogP contribution in [0.2, 0.25) is 0 Å². The summed E-state index contributed by atoms with van der Waals surface area (Å²) in [4.78, 5) is 4.31. The van der Waals surface area contributed by atoms with Gasteiger partial charge in [-0.2, -0.15) is 0 Å². The molecule has 86 valence electrons. The maximum Gasteiger partial charge on any atom is 0.134 e. The number of nitrogens with zero attached hydrogens (tertiary/aromatic N) is 1. The second-order valence-corrected chi connectivity index (χ2v) is 4.55. The van der Waals surface area contributed by atoms with Crippen LogP contribution >= 0.6 is 22.9 Å². The number of ether oxygens (including phenoxy) is 1. The Balaban J connectivity index is 1.91. The van der Waals surface area contributed by atoms with Gasteiger partial charge in [0, 0.05) is 28.7 Å². The summed E-state index contributed by atoms with van der Waals surface area (Å²) in [5.41, 5.74) is 0. The lowest BCUT2D eigenvalue weighted by Crippen LogP contribution is -2.11. The van der Waals surface area contributed by atoms with E-state index < -0.39 is 0 Å². The average Bonchev–Trinajstić information content (AvgIpc) is 2.77. The number of aromatic nitrogens is 1. The van der Waals surface area contributed by atoms with Gasteiger partial charge in [-0.1, -0.05) is 0 Å².